The van der Waals surface area contributed by atoms with Crippen molar-refractivity contribution in [1.82, 2.24) is 30.8 Å². The molecule has 2 unspecified atom stereocenters. The van der Waals surface area contributed by atoms with Crippen molar-refractivity contribution in [3.05, 3.63) is 59.5 Å². The van der Waals surface area contributed by atoms with Crippen molar-refractivity contribution >= 4 is 17.2 Å². The highest BCUT2D eigenvalue weighted by atomic mass is 16.2. The second kappa shape index (κ2) is 7.94. The maximum absolute atomic E-state index is 12.6. The van der Waals surface area contributed by atoms with Crippen molar-refractivity contribution in [1.29, 1.82) is 0 Å². The minimum atomic E-state index is -0.0156. The molecule has 2 atom stereocenters. The summed E-state index contributed by atoms with van der Waals surface area (Å²) in [6.07, 6.45) is 3.69. The molecule has 2 aromatic heterocycles. The van der Waals surface area contributed by atoms with E-state index in [4.69, 9.17) is 0 Å². The third-order valence-corrected chi connectivity index (χ3v) is 6.55. The van der Waals surface area contributed by atoms with Crippen molar-refractivity contribution in [2.24, 2.45) is 5.92 Å². The van der Waals surface area contributed by atoms with E-state index >= 15 is 0 Å². The lowest BCUT2D eigenvalue weighted by Crippen LogP contribution is -2.54. The van der Waals surface area contributed by atoms with Crippen LogP contribution in [0.2, 0.25) is 0 Å². The van der Waals surface area contributed by atoms with Crippen LogP contribution in [0.5, 0.6) is 0 Å². The van der Waals surface area contributed by atoms with Crippen LogP contribution in [0.3, 0.4) is 0 Å². The Kier molecular flexibility index (Phi) is 5.11. The number of carbonyl (C=O) groups is 1. The monoisotopic (exact) mass is 419 g/mol. The molecule has 0 radical (unpaired) electrons. The van der Waals surface area contributed by atoms with Crippen LogP contribution in [0.25, 0.3) is 5.52 Å². The lowest BCUT2D eigenvalue weighted by Gasteiger charge is -2.39. The Morgan fingerprint density at radius 2 is 1.87 bits per heavy atom. The van der Waals surface area contributed by atoms with Gasteiger partial charge in [-0.25, -0.2) is 9.50 Å². The molecule has 0 bridgehead atoms. The number of aromatic nitrogens is 3. The van der Waals surface area contributed by atoms with E-state index in [2.05, 4.69) is 88.5 Å². The summed E-state index contributed by atoms with van der Waals surface area (Å²) in [4.78, 5) is 19.3. The predicted molar refractivity (Wildman–Crippen MR) is 120 cm³/mol. The number of fused-ring (bicyclic) bond motifs is 1. The Morgan fingerprint density at radius 3 is 2.58 bits per heavy atom. The number of nitrogens with zero attached hydrogens (tertiary/aromatic N) is 4. The second-order valence-electron chi connectivity index (χ2n) is 8.88. The molecular formula is C23H29N7O. The molecule has 31 heavy (non-hydrogen) atoms. The van der Waals surface area contributed by atoms with Crippen LogP contribution in [0.15, 0.2) is 42.9 Å². The number of rotatable bonds is 5. The van der Waals surface area contributed by atoms with Crippen LogP contribution < -0.4 is 21.1 Å². The van der Waals surface area contributed by atoms with Crippen LogP contribution in [-0.2, 0) is 11.3 Å². The van der Waals surface area contributed by atoms with Gasteiger partial charge in [-0.3, -0.25) is 15.6 Å². The van der Waals surface area contributed by atoms with Crippen molar-refractivity contribution in [3.63, 3.8) is 0 Å². The summed E-state index contributed by atoms with van der Waals surface area (Å²) in [6.45, 7) is 8.34. The molecule has 0 spiro atoms. The standard InChI is InChI=1S/C23H29N7O/c1-14-4-6-17(7-5-14)9-24-23(31)19-10-29(11-19)22-20-8-18(12-30(20)26-13-25-22)21-15(2)27-28-16(21)3/h4-8,12-13,15-16,19,21,27-28H,9-11H2,1-3H3,(H,24,31). The largest absolute Gasteiger partial charge is 0.353 e. The van der Waals surface area contributed by atoms with E-state index in [-0.39, 0.29) is 11.8 Å². The summed E-state index contributed by atoms with van der Waals surface area (Å²) >= 11 is 0. The molecule has 1 aromatic carbocycles. The van der Waals surface area contributed by atoms with Crippen LogP contribution in [-0.4, -0.2) is 45.7 Å². The van der Waals surface area contributed by atoms with Crippen molar-refractivity contribution in [2.45, 2.75) is 45.3 Å². The molecule has 1 amide bonds. The van der Waals surface area contributed by atoms with Gasteiger partial charge in [-0.15, -0.1) is 0 Å². The molecule has 2 fully saturated rings. The summed E-state index contributed by atoms with van der Waals surface area (Å²) in [5.41, 5.74) is 11.2. The zero-order chi connectivity index (χ0) is 21.5. The number of benzene rings is 1. The fraction of sp³-hybridized carbons (Fsp3) is 0.435. The Hall–Kier alpha value is -2.97. The molecular weight excluding hydrogens is 390 g/mol. The van der Waals surface area contributed by atoms with Crippen molar-refractivity contribution < 1.29 is 4.79 Å². The van der Waals surface area contributed by atoms with Gasteiger partial charge in [0, 0.05) is 43.8 Å². The van der Waals surface area contributed by atoms with Crippen molar-refractivity contribution in [3.8, 4) is 0 Å². The summed E-state index contributed by atoms with van der Waals surface area (Å²) in [5, 5.41) is 7.47. The summed E-state index contributed by atoms with van der Waals surface area (Å²) < 4.78 is 1.90. The molecule has 5 rings (SSSR count). The van der Waals surface area contributed by atoms with Gasteiger partial charge in [-0.1, -0.05) is 29.8 Å². The summed E-state index contributed by atoms with van der Waals surface area (Å²) in [6, 6.07) is 11.1. The van der Waals surface area contributed by atoms with Gasteiger partial charge < -0.3 is 10.2 Å². The summed E-state index contributed by atoms with van der Waals surface area (Å²) in [5.74, 6) is 1.34. The number of nitrogens with one attached hydrogen (secondary N) is 3. The first-order valence-electron chi connectivity index (χ1n) is 10.9. The first-order chi connectivity index (χ1) is 15.0. The zero-order valence-electron chi connectivity index (χ0n) is 18.2. The fourth-order valence-corrected chi connectivity index (χ4v) is 4.67. The first-order valence-corrected chi connectivity index (χ1v) is 10.9. The average Bonchev–Trinajstić information content (AvgIpc) is 3.29. The van der Waals surface area contributed by atoms with E-state index in [0.29, 0.717) is 37.6 Å². The van der Waals surface area contributed by atoms with Crippen LogP contribution in [0.1, 0.15) is 36.5 Å². The Labute approximate surface area is 182 Å². The number of carbonyl (C=O) groups excluding carboxylic acids is 1. The summed E-state index contributed by atoms with van der Waals surface area (Å²) in [7, 11) is 0. The molecule has 3 N–H and O–H groups in total. The number of amides is 1. The van der Waals surface area contributed by atoms with Gasteiger partial charge in [0.1, 0.15) is 11.8 Å². The van der Waals surface area contributed by atoms with Crippen LogP contribution in [0, 0.1) is 12.8 Å². The highest BCUT2D eigenvalue weighted by molar-refractivity contribution is 5.83. The smallest absolute Gasteiger partial charge is 0.226 e. The minimum absolute atomic E-state index is 0.0156. The topological polar surface area (TPSA) is 86.6 Å². The molecule has 2 saturated heterocycles. The minimum Gasteiger partial charge on any atom is -0.353 e. The van der Waals surface area contributed by atoms with E-state index < -0.39 is 0 Å². The molecule has 0 saturated carbocycles. The van der Waals surface area contributed by atoms with Gasteiger partial charge in [-0.05, 0) is 38.0 Å². The van der Waals surface area contributed by atoms with E-state index in [1.807, 2.05) is 4.52 Å². The van der Waals surface area contributed by atoms with Gasteiger partial charge in [0.05, 0.1) is 5.92 Å². The highest BCUT2D eigenvalue weighted by Crippen LogP contribution is 2.32. The Bertz CT molecular complexity index is 1080. The molecule has 3 aromatic rings. The van der Waals surface area contributed by atoms with Gasteiger partial charge in [-0.2, -0.15) is 5.10 Å². The molecule has 4 heterocycles. The molecule has 0 aliphatic carbocycles. The third kappa shape index (κ3) is 3.77. The zero-order valence-corrected chi connectivity index (χ0v) is 18.2. The molecule has 8 heteroatoms. The number of hydrogen-bond acceptors (Lipinski definition) is 6. The Balaban J connectivity index is 1.25. The average molecular weight is 420 g/mol. The normalized spacial score (nSPS) is 23.8. The Morgan fingerprint density at radius 1 is 1.16 bits per heavy atom. The highest BCUT2D eigenvalue weighted by Gasteiger charge is 2.36. The lowest BCUT2D eigenvalue weighted by atomic mass is 9.90. The quantitative estimate of drug-likeness (QED) is 0.584. The first kappa shape index (κ1) is 20.0. The fourth-order valence-electron chi connectivity index (χ4n) is 4.67. The van der Waals surface area contributed by atoms with E-state index in [0.717, 1.165) is 16.9 Å². The van der Waals surface area contributed by atoms with E-state index in [9.17, 15) is 4.79 Å². The van der Waals surface area contributed by atoms with Gasteiger partial charge in [0.25, 0.3) is 0 Å². The van der Waals surface area contributed by atoms with E-state index in [1.165, 1.54) is 11.1 Å². The number of aryl methyl sites for hydroxylation is 1. The number of anilines is 1. The molecule has 162 valence electrons. The molecule has 2 aliphatic heterocycles. The number of hydrogen-bond donors (Lipinski definition) is 3. The van der Waals surface area contributed by atoms with Gasteiger partial charge in [0.2, 0.25) is 5.91 Å². The van der Waals surface area contributed by atoms with Gasteiger partial charge in [0.15, 0.2) is 5.82 Å². The second-order valence-corrected chi connectivity index (χ2v) is 8.88. The third-order valence-electron chi connectivity index (χ3n) is 6.55. The van der Waals surface area contributed by atoms with Crippen molar-refractivity contribution in [2.75, 3.05) is 18.0 Å². The van der Waals surface area contributed by atoms with Crippen LogP contribution in [0.4, 0.5) is 5.82 Å². The molecule has 2 aliphatic rings. The lowest BCUT2D eigenvalue weighted by molar-refractivity contribution is -0.125. The maximum atomic E-state index is 12.6. The van der Waals surface area contributed by atoms with E-state index in [1.54, 1.807) is 6.33 Å². The van der Waals surface area contributed by atoms with Gasteiger partial charge >= 0.3 is 0 Å². The maximum Gasteiger partial charge on any atom is 0.226 e. The van der Waals surface area contributed by atoms with Crippen LogP contribution >= 0.6 is 0 Å². The molecule has 8 nitrogen and oxygen atoms in total. The predicted octanol–water partition coefficient (Wildman–Crippen LogP) is 1.76. The SMILES string of the molecule is Cc1ccc(CNC(=O)C2CN(c3ncnn4cc(C5C(C)NNC5C)cc34)C2)cc1. The number of hydrazine groups is 1.